The van der Waals surface area contributed by atoms with Crippen molar-refractivity contribution in [2.24, 2.45) is 0 Å². The molecular weight excluding hydrogens is 231 g/mol. The van der Waals surface area contributed by atoms with Crippen LogP contribution in [0.25, 0.3) is 0 Å². The van der Waals surface area contributed by atoms with Crippen LogP contribution < -0.4 is 4.74 Å². The molecule has 2 rings (SSSR count). The van der Waals surface area contributed by atoms with Crippen molar-refractivity contribution in [1.29, 1.82) is 0 Å². The molecule has 0 radical (unpaired) electrons. The van der Waals surface area contributed by atoms with Gasteiger partial charge < -0.3 is 0 Å². The van der Waals surface area contributed by atoms with E-state index in [1.165, 1.54) is 0 Å². The van der Waals surface area contributed by atoms with E-state index < -0.39 is 0 Å². The van der Waals surface area contributed by atoms with Gasteiger partial charge in [-0.15, -0.1) is 0 Å². The van der Waals surface area contributed by atoms with Crippen molar-refractivity contribution in [3.63, 3.8) is 0 Å². The van der Waals surface area contributed by atoms with E-state index in [9.17, 15) is 0 Å². The van der Waals surface area contributed by atoms with E-state index in [4.69, 9.17) is 4.74 Å². The normalized spacial score (nSPS) is 9.85. The summed E-state index contributed by atoms with van der Waals surface area (Å²) in [6.07, 6.45) is 0. The summed E-state index contributed by atoms with van der Waals surface area (Å²) in [6, 6.07) is 9.72. The molecule has 13 heavy (non-hydrogen) atoms. The summed E-state index contributed by atoms with van der Waals surface area (Å²) in [5.41, 5.74) is 0.934. The quantitative estimate of drug-likeness (QED) is 0.752. The van der Waals surface area contributed by atoms with Gasteiger partial charge in [-0.2, -0.15) is 0 Å². The van der Waals surface area contributed by atoms with Crippen LogP contribution in [0, 0.1) is 0 Å². The third-order valence-electron chi connectivity index (χ3n) is 1.54. The first-order chi connectivity index (χ1) is 6.45. The van der Waals surface area contributed by atoms with Crippen molar-refractivity contribution in [3.8, 4) is 5.75 Å². The maximum absolute atomic E-state index is 5.48. The standard InChI is InChI=1S/C9H8N2OSe/c1-2-4-9(5-3-1)12-6-8-7-13-11-10-8/h1-5,7H,6H2. The molecule has 2 aromatic rings. The van der Waals surface area contributed by atoms with Crippen LogP contribution in [-0.4, -0.2) is 23.9 Å². The molecule has 0 bridgehead atoms. The number of nitrogens with zero attached hydrogens (tertiary/aromatic N) is 2. The number of rotatable bonds is 3. The zero-order chi connectivity index (χ0) is 8.93. The Balaban J connectivity index is 1.94. The molecule has 3 nitrogen and oxygen atoms in total. The fraction of sp³-hybridized carbons (Fsp3) is 0.111. The second kappa shape index (κ2) is 4.21. The average Bonchev–Trinajstić information content (AvgIpc) is 2.69. The number of hydrogen-bond donors (Lipinski definition) is 0. The Labute approximate surface area is 82.4 Å². The fourth-order valence-electron chi connectivity index (χ4n) is 0.921. The third-order valence-corrected chi connectivity index (χ3v) is 2.70. The van der Waals surface area contributed by atoms with Gasteiger partial charge in [0.05, 0.1) is 0 Å². The van der Waals surface area contributed by atoms with Gasteiger partial charge in [0.1, 0.15) is 0 Å². The van der Waals surface area contributed by atoms with Crippen LogP contribution in [0.15, 0.2) is 35.3 Å². The number of benzene rings is 1. The van der Waals surface area contributed by atoms with Crippen LogP contribution in [0.2, 0.25) is 0 Å². The minimum absolute atomic E-state index is 0.204. The summed E-state index contributed by atoms with van der Waals surface area (Å²) in [5.74, 6) is 0.873. The fourth-order valence-corrected chi connectivity index (χ4v) is 1.84. The summed E-state index contributed by atoms with van der Waals surface area (Å²) in [4.78, 5) is 2.02. The Hall–Kier alpha value is -1.12. The second-order valence-corrected chi connectivity index (χ2v) is 3.78. The first-order valence-corrected chi connectivity index (χ1v) is 5.64. The maximum atomic E-state index is 5.48. The molecule has 0 fully saturated rings. The van der Waals surface area contributed by atoms with E-state index >= 15 is 0 Å². The molecule has 0 N–H and O–H groups in total. The van der Waals surface area contributed by atoms with E-state index in [1.807, 2.05) is 35.3 Å². The molecule has 1 aromatic carbocycles. The predicted molar refractivity (Wildman–Crippen MR) is 49.7 cm³/mol. The van der Waals surface area contributed by atoms with Crippen LogP contribution in [0.5, 0.6) is 5.75 Å². The van der Waals surface area contributed by atoms with E-state index in [0.717, 1.165) is 11.4 Å². The molecule has 1 heterocycles. The Morgan fingerprint density at radius 3 is 2.77 bits per heavy atom. The number of ether oxygens (including phenoxy) is 1. The monoisotopic (exact) mass is 240 g/mol. The molecule has 0 unspecified atom stereocenters. The van der Waals surface area contributed by atoms with E-state index in [-0.39, 0.29) is 14.7 Å². The summed E-state index contributed by atoms with van der Waals surface area (Å²) >= 11 is 0.204. The number of aromatic nitrogens is 2. The van der Waals surface area contributed by atoms with Gasteiger partial charge in [0.25, 0.3) is 0 Å². The van der Waals surface area contributed by atoms with Crippen LogP contribution in [0.4, 0.5) is 0 Å². The topological polar surface area (TPSA) is 35.0 Å². The second-order valence-electron chi connectivity index (χ2n) is 2.50. The average molecular weight is 239 g/mol. The molecule has 0 amide bonds. The molecule has 0 atom stereocenters. The van der Waals surface area contributed by atoms with Crippen LogP contribution in [-0.2, 0) is 6.61 Å². The summed E-state index contributed by atoms with van der Waals surface area (Å²) < 4.78 is 9.37. The predicted octanol–water partition coefficient (Wildman–Crippen LogP) is 1.11. The third kappa shape index (κ3) is 2.41. The van der Waals surface area contributed by atoms with Gasteiger partial charge >= 0.3 is 82.0 Å². The first kappa shape index (κ1) is 8.48. The Kier molecular flexibility index (Phi) is 2.75. The molecule has 0 spiro atoms. The molecule has 0 aliphatic carbocycles. The molecule has 0 saturated carbocycles. The van der Waals surface area contributed by atoms with E-state index in [2.05, 4.69) is 9.19 Å². The molecular formula is C9H8N2OSe. The van der Waals surface area contributed by atoms with Crippen molar-refractivity contribution in [2.45, 2.75) is 6.61 Å². The molecule has 0 aliphatic rings. The first-order valence-electron chi connectivity index (χ1n) is 3.89. The Morgan fingerprint density at radius 1 is 1.23 bits per heavy atom. The minimum atomic E-state index is 0.204. The van der Waals surface area contributed by atoms with Gasteiger partial charge in [-0.1, -0.05) is 0 Å². The van der Waals surface area contributed by atoms with Crippen LogP contribution >= 0.6 is 0 Å². The molecule has 66 valence electrons. The SMILES string of the molecule is c1ccc(OCc2c[se]nn2)cc1. The van der Waals surface area contributed by atoms with Crippen molar-refractivity contribution in [2.75, 3.05) is 0 Å². The van der Waals surface area contributed by atoms with Crippen LogP contribution in [0.3, 0.4) is 0 Å². The number of para-hydroxylation sites is 1. The van der Waals surface area contributed by atoms with E-state index in [0.29, 0.717) is 6.61 Å². The van der Waals surface area contributed by atoms with Crippen molar-refractivity contribution in [1.82, 2.24) is 9.19 Å². The van der Waals surface area contributed by atoms with Gasteiger partial charge in [-0.3, -0.25) is 0 Å². The van der Waals surface area contributed by atoms with Crippen LogP contribution in [0.1, 0.15) is 5.69 Å². The Morgan fingerprint density at radius 2 is 2.08 bits per heavy atom. The van der Waals surface area contributed by atoms with Gasteiger partial charge in [-0.05, 0) is 0 Å². The molecule has 0 saturated heterocycles. The van der Waals surface area contributed by atoms with Gasteiger partial charge in [0.15, 0.2) is 0 Å². The van der Waals surface area contributed by atoms with Gasteiger partial charge in [0.2, 0.25) is 0 Å². The summed E-state index contributed by atoms with van der Waals surface area (Å²) in [7, 11) is 0. The number of hydrogen-bond acceptors (Lipinski definition) is 3. The van der Waals surface area contributed by atoms with Crippen molar-refractivity contribution < 1.29 is 4.74 Å². The van der Waals surface area contributed by atoms with Gasteiger partial charge in [0, 0.05) is 0 Å². The van der Waals surface area contributed by atoms with Crippen molar-refractivity contribution >= 4 is 14.7 Å². The van der Waals surface area contributed by atoms with Crippen molar-refractivity contribution in [3.05, 3.63) is 41.0 Å². The molecule has 1 aromatic heterocycles. The van der Waals surface area contributed by atoms with Gasteiger partial charge in [-0.25, -0.2) is 0 Å². The molecule has 4 heteroatoms. The zero-order valence-corrected chi connectivity index (χ0v) is 8.60. The summed E-state index contributed by atoms with van der Waals surface area (Å²) in [6.45, 7) is 0.523. The summed E-state index contributed by atoms with van der Waals surface area (Å²) in [5, 5.41) is 3.94. The Bertz CT molecular complexity index is 347. The van der Waals surface area contributed by atoms with E-state index in [1.54, 1.807) is 0 Å². The zero-order valence-electron chi connectivity index (χ0n) is 6.88. The molecule has 0 aliphatic heterocycles.